The Morgan fingerprint density at radius 1 is 1.32 bits per heavy atom. The Balaban J connectivity index is 2.35. The highest BCUT2D eigenvalue weighted by molar-refractivity contribution is 7.92. The van der Waals surface area contributed by atoms with Gasteiger partial charge in [0.15, 0.2) is 9.84 Å². The zero-order chi connectivity index (χ0) is 14.0. The van der Waals surface area contributed by atoms with Gasteiger partial charge in [-0.1, -0.05) is 11.6 Å². The number of halogens is 1. The van der Waals surface area contributed by atoms with Gasteiger partial charge in [-0.3, -0.25) is 0 Å². The van der Waals surface area contributed by atoms with Gasteiger partial charge in [-0.05, 0) is 31.0 Å². The lowest BCUT2D eigenvalue weighted by Gasteiger charge is -2.22. The quantitative estimate of drug-likeness (QED) is 0.923. The molecule has 1 fully saturated rings. The average Bonchev–Trinajstić information content (AvgIpc) is 2.39. The normalized spacial score (nSPS) is 17.3. The zero-order valence-electron chi connectivity index (χ0n) is 10.0. The molecular formula is C12H13ClO5S. The van der Waals surface area contributed by atoms with E-state index in [-0.39, 0.29) is 15.5 Å². The number of hydrogen-bond acceptors (Lipinski definition) is 4. The topological polar surface area (TPSA) is 80.7 Å². The molecule has 1 saturated heterocycles. The molecule has 0 atom stereocenters. The van der Waals surface area contributed by atoms with Crippen LogP contribution in [-0.4, -0.2) is 38.0 Å². The first-order chi connectivity index (χ1) is 8.93. The minimum absolute atomic E-state index is 0.0643. The van der Waals surface area contributed by atoms with E-state index >= 15 is 0 Å². The molecule has 1 heterocycles. The number of carboxylic acid groups (broad SMARTS) is 1. The van der Waals surface area contributed by atoms with Crippen LogP contribution in [0.2, 0.25) is 5.02 Å². The predicted octanol–water partition coefficient (Wildman–Crippen LogP) is 1.99. The van der Waals surface area contributed by atoms with Crippen molar-refractivity contribution in [2.24, 2.45) is 0 Å². The molecule has 0 radical (unpaired) electrons. The highest BCUT2D eigenvalue weighted by Gasteiger charge is 2.30. The minimum atomic E-state index is -3.48. The van der Waals surface area contributed by atoms with Gasteiger partial charge < -0.3 is 9.84 Å². The fourth-order valence-electron chi connectivity index (χ4n) is 2.02. The molecular weight excluding hydrogens is 292 g/mol. The smallest absolute Gasteiger partial charge is 0.337 e. The number of aromatic carboxylic acids is 1. The summed E-state index contributed by atoms with van der Waals surface area (Å²) >= 11 is 5.80. The molecule has 2 rings (SSSR count). The number of hydrogen-bond donors (Lipinski definition) is 1. The lowest BCUT2D eigenvalue weighted by molar-refractivity contribution is 0.0697. The van der Waals surface area contributed by atoms with Crippen LogP contribution in [0.25, 0.3) is 0 Å². The maximum Gasteiger partial charge on any atom is 0.337 e. The summed E-state index contributed by atoms with van der Waals surface area (Å²) in [5.74, 6) is -1.18. The summed E-state index contributed by atoms with van der Waals surface area (Å²) in [6.07, 6.45) is 0.890. The summed E-state index contributed by atoms with van der Waals surface area (Å²) in [6, 6.07) is 3.72. The standard InChI is InChI=1S/C12H13ClO5S/c13-11-7-9(1-2-10(11)12(14)15)19(16,17)8-3-5-18-6-4-8/h1-2,7-8H,3-6H2,(H,14,15). The molecule has 0 aromatic heterocycles. The number of carbonyl (C=O) groups is 1. The monoisotopic (exact) mass is 304 g/mol. The molecule has 19 heavy (non-hydrogen) atoms. The molecule has 7 heteroatoms. The molecule has 5 nitrogen and oxygen atoms in total. The van der Waals surface area contributed by atoms with Gasteiger partial charge in [0, 0.05) is 13.2 Å². The van der Waals surface area contributed by atoms with Crippen molar-refractivity contribution < 1.29 is 23.1 Å². The number of carboxylic acids is 1. The third kappa shape index (κ3) is 2.91. The van der Waals surface area contributed by atoms with E-state index < -0.39 is 21.1 Å². The first kappa shape index (κ1) is 14.3. The molecule has 1 aromatic carbocycles. The first-order valence-electron chi connectivity index (χ1n) is 5.77. The third-order valence-electron chi connectivity index (χ3n) is 3.11. The molecule has 1 aliphatic rings. The molecule has 104 valence electrons. The largest absolute Gasteiger partial charge is 0.478 e. The van der Waals surface area contributed by atoms with Crippen molar-refractivity contribution in [1.82, 2.24) is 0 Å². The summed E-state index contributed by atoms with van der Waals surface area (Å²) in [4.78, 5) is 10.9. The maximum absolute atomic E-state index is 12.4. The van der Waals surface area contributed by atoms with E-state index in [0.717, 1.165) is 0 Å². The van der Waals surface area contributed by atoms with Crippen LogP contribution in [0.4, 0.5) is 0 Å². The van der Waals surface area contributed by atoms with Crippen molar-refractivity contribution in [1.29, 1.82) is 0 Å². The van der Waals surface area contributed by atoms with Crippen molar-refractivity contribution in [3.05, 3.63) is 28.8 Å². The number of ether oxygens (including phenoxy) is 1. The van der Waals surface area contributed by atoms with Gasteiger partial charge >= 0.3 is 5.97 Å². The fourth-order valence-corrected chi connectivity index (χ4v) is 4.09. The van der Waals surface area contributed by atoms with E-state index in [2.05, 4.69) is 0 Å². The van der Waals surface area contributed by atoms with E-state index in [1.54, 1.807) is 0 Å². The summed E-state index contributed by atoms with van der Waals surface area (Å²) in [6.45, 7) is 0.843. The third-order valence-corrected chi connectivity index (χ3v) is 5.68. The van der Waals surface area contributed by atoms with E-state index in [1.807, 2.05) is 0 Å². The highest BCUT2D eigenvalue weighted by Crippen LogP contribution is 2.27. The molecule has 1 aromatic rings. The van der Waals surface area contributed by atoms with Gasteiger partial charge in [0.1, 0.15) is 0 Å². The lowest BCUT2D eigenvalue weighted by Crippen LogP contribution is -2.29. The predicted molar refractivity (Wildman–Crippen MR) is 69.4 cm³/mol. The molecule has 0 unspecified atom stereocenters. The number of sulfone groups is 1. The average molecular weight is 305 g/mol. The Labute approximate surface area is 116 Å². The van der Waals surface area contributed by atoms with Crippen molar-refractivity contribution in [2.75, 3.05) is 13.2 Å². The molecule has 0 spiro atoms. The van der Waals surface area contributed by atoms with Crippen molar-refractivity contribution in [2.45, 2.75) is 23.0 Å². The van der Waals surface area contributed by atoms with Gasteiger partial charge in [0.2, 0.25) is 0 Å². The fraction of sp³-hybridized carbons (Fsp3) is 0.417. The van der Waals surface area contributed by atoms with Crippen LogP contribution in [0.15, 0.2) is 23.1 Å². The second-order valence-electron chi connectivity index (χ2n) is 4.30. The lowest BCUT2D eigenvalue weighted by atomic mass is 10.2. The van der Waals surface area contributed by atoms with Crippen LogP contribution in [0.1, 0.15) is 23.2 Å². The van der Waals surface area contributed by atoms with Crippen LogP contribution in [0.3, 0.4) is 0 Å². The Morgan fingerprint density at radius 2 is 1.95 bits per heavy atom. The second-order valence-corrected chi connectivity index (χ2v) is 6.94. The SMILES string of the molecule is O=C(O)c1ccc(S(=O)(=O)C2CCOCC2)cc1Cl. The van der Waals surface area contributed by atoms with Crippen molar-refractivity contribution in [3.8, 4) is 0 Å². The van der Waals surface area contributed by atoms with Crippen LogP contribution >= 0.6 is 11.6 Å². The van der Waals surface area contributed by atoms with Gasteiger partial charge in [-0.15, -0.1) is 0 Å². The summed E-state index contributed by atoms with van der Waals surface area (Å²) in [5, 5.41) is 8.30. The number of benzene rings is 1. The van der Waals surface area contributed by atoms with Crippen molar-refractivity contribution in [3.63, 3.8) is 0 Å². The van der Waals surface area contributed by atoms with Gasteiger partial charge in [0.05, 0.1) is 20.7 Å². The van der Waals surface area contributed by atoms with Gasteiger partial charge in [-0.25, -0.2) is 13.2 Å². The molecule has 1 aliphatic heterocycles. The Bertz CT molecular complexity index is 590. The van der Waals surface area contributed by atoms with E-state index in [9.17, 15) is 13.2 Å². The Kier molecular flexibility index (Phi) is 4.13. The second kappa shape index (κ2) is 5.48. The Morgan fingerprint density at radius 3 is 2.47 bits per heavy atom. The number of rotatable bonds is 3. The summed E-state index contributed by atoms with van der Waals surface area (Å²) in [7, 11) is -3.48. The molecule has 0 saturated carbocycles. The van der Waals surface area contributed by atoms with E-state index in [4.69, 9.17) is 21.4 Å². The zero-order valence-corrected chi connectivity index (χ0v) is 11.6. The summed E-state index contributed by atoms with van der Waals surface area (Å²) < 4.78 is 29.9. The van der Waals surface area contributed by atoms with Crippen LogP contribution in [0.5, 0.6) is 0 Å². The first-order valence-corrected chi connectivity index (χ1v) is 7.70. The summed E-state index contributed by atoms with van der Waals surface area (Å²) in [5.41, 5.74) is -0.104. The van der Waals surface area contributed by atoms with E-state index in [0.29, 0.717) is 26.1 Å². The molecule has 0 bridgehead atoms. The van der Waals surface area contributed by atoms with Crippen molar-refractivity contribution >= 4 is 27.4 Å². The van der Waals surface area contributed by atoms with Crippen LogP contribution < -0.4 is 0 Å². The Hall–Kier alpha value is -1.11. The molecule has 0 aliphatic carbocycles. The van der Waals surface area contributed by atoms with Gasteiger partial charge in [-0.2, -0.15) is 0 Å². The highest BCUT2D eigenvalue weighted by atomic mass is 35.5. The minimum Gasteiger partial charge on any atom is -0.478 e. The van der Waals surface area contributed by atoms with Crippen LogP contribution in [0, 0.1) is 0 Å². The molecule has 1 N–H and O–H groups in total. The van der Waals surface area contributed by atoms with Crippen LogP contribution in [-0.2, 0) is 14.6 Å². The maximum atomic E-state index is 12.4. The van der Waals surface area contributed by atoms with Gasteiger partial charge in [0.25, 0.3) is 0 Å². The van der Waals surface area contributed by atoms with E-state index in [1.165, 1.54) is 18.2 Å². The molecule has 0 amide bonds.